The Balaban J connectivity index is 1.63. The van der Waals surface area contributed by atoms with Crippen LogP contribution >= 0.6 is 0 Å². The van der Waals surface area contributed by atoms with Crippen LogP contribution in [0.5, 0.6) is 17.4 Å². The van der Waals surface area contributed by atoms with E-state index >= 15 is 0 Å². The van der Waals surface area contributed by atoms with E-state index in [0.717, 1.165) is 34.2 Å². The zero-order valence-electron chi connectivity index (χ0n) is 15.7. The van der Waals surface area contributed by atoms with Crippen LogP contribution in [0.3, 0.4) is 0 Å². The van der Waals surface area contributed by atoms with E-state index in [1.165, 1.54) is 0 Å². The average Bonchev–Trinajstić information content (AvgIpc) is 3.03. The summed E-state index contributed by atoms with van der Waals surface area (Å²) >= 11 is 0. The standard InChI is InChI=1S/C23H19N3O2/c1-23(2)13-15-7-5-11-19(20(15)28-23)27-22-17-9-3-4-10-18(17)25-21(26-22)16-8-6-12-24-14-16/h3-12,14H,13H2,1-2H3. The van der Waals surface area contributed by atoms with Crippen LogP contribution in [0.25, 0.3) is 22.3 Å². The summed E-state index contributed by atoms with van der Waals surface area (Å²) in [6.45, 7) is 4.16. The molecule has 28 heavy (non-hydrogen) atoms. The molecule has 0 amide bonds. The van der Waals surface area contributed by atoms with Crippen molar-refractivity contribution in [3.05, 3.63) is 72.6 Å². The minimum atomic E-state index is -0.240. The number of para-hydroxylation sites is 2. The molecule has 2 aromatic carbocycles. The minimum absolute atomic E-state index is 0.240. The molecule has 0 spiro atoms. The fourth-order valence-corrected chi connectivity index (χ4v) is 3.52. The molecule has 3 heterocycles. The number of rotatable bonds is 3. The quantitative estimate of drug-likeness (QED) is 0.497. The number of hydrogen-bond donors (Lipinski definition) is 0. The number of nitrogens with zero attached hydrogens (tertiary/aromatic N) is 3. The number of pyridine rings is 1. The second-order valence-electron chi connectivity index (χ2n) is 7.50. The third kappa shape index (κ3) is 2.95. The van der Waals surface area contributed by atoms with Crippen molar-refractivity contribution in [2.75, 3.05) is 0 Å². The second-order valence-corrected chi connectivity index (χ2v) is 7.50. The van der Waals surface area contributed by atoms with Crippen LogP contribution in [0.15, 0.2) is 67.0 Å². The van der Waals surface area contributed by atoms with Crippen LogP contribution in [0.1, 0.15) is 19.4 Å². The van der Waals surface area contributed by atoms with Gasteiger partial charge in [0.15, 0.2) is 17.3 Å². The Morgan fingerprint density at radius 2 is 1.86 bits per heavy atom. The minimum Gasteiger partial charge on any atom is -0.483 e. The predicted octanol–water partition coefficient (Wildman–Crippen LogP) is 5.20. The molecule has 0 radical (unpaired) electrons. The summed E-state index contributed by atoms with van der Waals surface area (Å²) in [5.41, 5.74) is 2.57. The van der Waals surface area contributed by atoms with Crippen molar-refractivity contribution in [1.82, 2.24) is 15.0 Å². The largest absolute Gasteiger partial charge is 0.483 e. The molecule has 1 aliphatic rings. The monoisotopic (exact) mass is 369 g/mol. The molecule has 0 bridgehead atoms. The van der Waals surface area contributed by atoms with Gasteiger partial charge in [0.2, 0.25) is 5.88 Å². The van der Waals surface area contributed by atoms with Gasteiger partial charge in [-0.3, -0.25) is 4.98 Å². The fourth-order valence-electron chi connectivity index (χ4n) is 3.52. The first kappa shape index (κ1) is 16.7. The second kappa shape index (κ2) is 6.30. The molecule has 0 unspecified atom stereocenters. The van der Waals surface area contributed by atoms with Gasteiger partial charge in [-0.2, -0.15) is 4.98 Å². The third-order valence-electron chi connectivity index (χ3n) is 4.75. The Bertz CT molecular complexity index is 1170. The molecule has 4 aromatic rings. The molecular formula is C23H19N3O2. The van der Waals surface area contributed by atoms with E-state index in [1.807, 2.05) is 48.5 Å². The number of aromatic nitrogens is 3. The van der Waals surface area contributed by atoms with Gasteiger partial charge in [-0.1, -0.05) is 24.3 Å². The maximum atomic E-state index is 6.29. The van der Waals surface area contributed by atoms with Crippen molar-refractivity contribution in [3.63, 3.8) is 0 Å². The van der Waals surface area contributed by atoms with Crippen molar-refractivity contribution >= 4 is 10.9 Å². The van der Waals surface area contributed by atoms with E-state index in [1.54, 1.807) is 12.4 Å². The van der Waals surface area contributed by atoms with E-state index in [0.29, 0.717) is 17.5 Å². The summed E-state index contributed by atoms with van der Waals surface area (Å²) in [4.78, 5) is 13.6. The Morgan fingerprint density at radius 1 is 0.964 bits per heavy atom. The smallest absolute Gasteiger partial charge is 0.230 e. The van der Waals surface area contributed by atoms with Crippen molar-refractivity contribution in [3.8, 4) is 28.8 Å². The summed E-state index contributed by atoms with van der Waals surface area (Å²) in [5.74, 6) is 2.55. The Hall–Kier alpha value is -3.47. The summed E-state index contributed by atoms with van der Waals surface area (Å²) in [6.07, 6.45) is 4.33. The van der Waals surface area contributed by atoms with Crippen molar-refractivity contribution in [2.45, 2.75) is 25.9 Å². The third-order valence-corrected chi connectivity index (χ3v) is 4.75. The fraction of sp³-hybridized carbons (Fsp3) is 0.174. The van der Waals surface area contributed by atoms with Gasteiger partial charge in [-0.05, 0) is 44.2 Å². The van der Waals surface area contributed by atoms with E-state index in [-0.39, 0.29) is 5.60 Å². The van der Waals surface area contributed by atoms with Gasteiger partial charge in [-0.15, -0.1) is 0 Å². The molecular weight excluding hydrogens is 350 g/mol. The molecule has 0 saturated carbocycles. The van der Waals surface area contributed by atoms with Gasteiger partial charge in [0.1, 0.15) is 5.60 Å². The summed E-state index contributed by atoms with van der Waals surface area (Å²) in [5, 5.41) is 0.852. The highest BCUT2D eigenvalue weighted by molar-refractivity contribution is 5.85. The van der Waals surface area contributed by atoms with Crippen LogP contribution in [0.2, 0.25) is 0 Å². The van der Waals surface area contributed by atoms with Gasteiger partial charge in [0, 0.05) is 29.9 Å². The zero-order chi connectivity index (χ0) is 19.1. The molecule has 5 nitrogen and oxygen atoms in total. The highest BCUT2D eigenvalue weighted by Crippen LogP contribution is 2.44. The molecule has 138 valence electrons. The first-order valence-electron chi connectivity index (χ1n) is 9.25. The first-order chi connectivity index (χ1) is 13.6. The van der Waals surface area contributed by atoms with Gasteiger partial charge in [-0.25, -0.2) is 4.98 Å². The van der Waals surface area contributed by atoms with E-state index < -0.39 is 0 Å². The lowest BCUT2D eigenvalue weighted by molar-refractivity contribution is 0.135. The van der Waals surface area contributed by atoms with Crippen LogP contribution in [0.4, 0.5) is 0 Å². The number of hydrogen-bond acceptors (Lipinski definition) is 5. The number of ether oxygens (including phenoxy) is 2. The Morgan fingerprint density at radius 3 is 2.71 bits per heavy atom. The topological polar surface area (TPSA) is 57.1 Å². The lowest BCUT2D eigenvalue weighted by Crippen LogP contribution is -2.24. The maximum Gasteiger partial charge on any atom is 0.230 e. The zero-order valence-corrected chi connectivity index (χ0v) is 15.7. The van der Waals surface area contributed by atoms with Crippen LogP contribution < -0.4 is 9.47 Å². The summed E-state index contributed by atoms with van der Waals surface area (Å²) < 4.78 is 12.4. The molecule has 0 N–H and O–H groups in total. The van der Waals surface area contributed by atoms with Crippen molar-refractivity contribution in [2.24, 2.45) is 0 Å². The molecule has 5 heteroatoms. The van der Waals surface area contributed by atoms with Crippen LogP contribution in [-0.4, -0.2) is 20.6 Å². The molecule has 1 aliphatic heterocycles. The lowest BCUT2D eigenvalue weighted by Gasteiger charge is -2.18. The molecule has 0 fully saturated rings. The lowest BCUT2D eigenvalue weighted by atomic mass is 10.0. The summed E-state index contributed by atoms with van der Waals surface area (Å²) in [6, 6.07) is 17.6. The Kier molecular flexibility index (Phi) is 3.76. The van der Waals surface area contributed by atoms with Gasteiger partial charge in [0.25, 0.3) is 0 Å². The highest BCUT2D eigenvalue weighted by Gasteiger charge is 2.32. The first-order valence-corrected chi connectivity index (χ1v) is 9.25. The van der Waals surface area contributed by atoms with Crippen LogP contribution in [0, 0.1) is 0 Å². The van der Waals surface area contributed by atoms with E-state index in [4.69, 9.17) is 14.5 Å². The Labute approximate surface area is 163 Å². The predicted molar refractivity (Wildman–Crippen MR) is 108 cm³/mol. The van der Waals surface area contributed by atoms with Crippen molar-refractivity contribution < 1.29 is 9.47 Å². The molecule has 0 saturated heterocycles. The number of benzene rings is 2. The SMILES string of the molecule is CC1(C)Cc2cccc(Oc3nc(-c4cccnc4)nc4ccccc34)c2O1. The molecule has 0 aliphatic carbocycles. The van der Waals surface area contributed by atoms with Crippen LogP contribution in [-0.2, 0) is 6.42 Å². The van der Waals surface area contributed by atoms with Gasteiger partial charge < -0.3 is 9.47 Å². The normalized spacial score (nSPS) is 14.5. The van der Waals surface area contributed by atoms with E-state index in [9.17, 15) is 0 Å². The average molecular weight is 369 g/mol. The van der Waals surface area contributed by atoms with E-state index in [2.05, 4.69) is 29.9 Å². The highest BCUT2D eigenvalue weighted by atomic mass is 16.5. The van der Waals surface area contributed by atoms with Gasteiger partial charge >= 0.3 is 0 Å². The molecule has 5 rings (SSSR count). The number of fused-ring (bicyclic) bond motifs is 2. The maximum absolute atomic E-state index is 6.29. The van der Waals surface area contributed by atoms with Gasteiger partial charge in [0.05, 0.1) is 10.9 Å². The van der Waals surface area contributed by atoms with Crippen molar-refractivity contribution in [1.29, 1.82) is 0 Å². The molecule has 0 atom stereocenters. The molecule has 2 aromatic heterocycles. The summed E-state index contributed by atoms with van der Waals surface area (Å²) in [7, 11) is 0.